The molecule has 0 atom stereocenters. The number of nitrogens with one attached hydrogen (secondary N) is 1. The Bertz CT molecular complexity index is 644. The zero-order valence-electron chi connectivity index (χ0n) is 11.9. The van der Waals surface area contributed by atoms with Crippen molar-refractivity contribution in [2.24, 2.45) is 0 Å². The van der Waals surface area contributed by atoms with Crippen LogP contribution >= 0.6 is 0 Å². The number of aryl methyl sites for hydroxylation is 1. The Hall–Kier alpha value is -1.84. The summed E-state index contributed by atoms with van der Waals surface area (Å²) in [4.78, 5) is 11.0. The van der Waals surface area contributed by atoms with Gasteiger partial charge in [-0.15, -0.1) is 12.3 Å². The van der Waals surface area contributed by atoms with Crippen LogP contribution in [0, 0.1) is 12.3 Å². The second-order valence-corrected chi connectivity index (χ2v) is 6.28. The molecule has 6 heteroatoms. The SMILES string of the molecule is C#CCCCCNS(=O)(=O)c1cc(C(=O)O)ccc1CC. The van der Waals surface area contributed by atoms with E-state index in [0.29, 0.717) is 24.8 Å². The lowest BCUT2D eigenvalue weighted by atomic mass is 10.1. The van der Waals surface area contributed by atoms with E-state index in [9.17, 15) is 13.2 Å². The highest BCUT2D eigenvalue weighted by molar-refractivity contribution is 7.89. The summed E-state index contributed by atoms with van der Waals surface area (Å²) >= 11 is 0. The zero-order chi connectivity index (χ0) is 15.9. The number of carbonyl (C=O) groups is 1. The van der Waals surface area contributed by atoms with E-state index < -0.39 is 16.0 Å². The minimum Gasteiger partial charge on any atom is -0.478 e. The van der Waals surface area contributed by atoms with Gasteiger partial charge in [0.2, 0.25) is 10.0 Å². The second kappa shape index (κ2) is 7.81. The second-order valence-electron chi connectivity index (χ2n) is 4.54. The van der Waals surface area contributed by atoms with Crippen molar-refractivity contribution >= 4 is 16.0 Å². The van der Waals surface area contributed by atoms with Crippen molar-refractivity contribution in [3.05, 3.63) is 29.3 Å². The van der Waals surface area contributed by atoms with Gasteiger partial charge < -0.3 is 5.11 Å². The minimum atomic E-state index is -3.71. The highest BCUT2D eigenvalue weighted by Crippen LogP contribution is 2.18. The quantitative estimate of drug-likeness (QED) is 0.568. The van der Waals surface area contributed by atoms with E-state index in [1.54, 1.807) is 0 Å². The fourth-order valence-corrected chi connectivity index (χ4v) is 3.27. The maximum Gasteiger partial charge on any atom is 0.335 e. The van der Waals surface area contributed by atoms with E-state index in [0.717, 1.165) is 6.42 Å². The summed E-state index contributed by atoms with van der Waals surface area (Å²) in [5.74, 6) is 1.34. The van der Waals surface area contributed by atoms with Gasteiger partial charge in [-0.05, 0) is 37.0 Å². The zero-order valence-corrected chi connectivity index (χ0v) is 12.7. The van der Waals surface area contributed by atoms with Gasteiger partial charge in [0.25, 0.3) is 0 Å². The van der Waals surface area contributed by atoms with Gasteiger partial charge in [0, 0.05) is 13.0 Å². The van der Waals surface area contributed by atoms with Crippen LogP contribution in [0.1, 0.15) is 42.1 Å². The predicted octanol–water partition coefficient (Wildman–Crippen LogP) is 2.03. The Morgan fingerprint density at radius 1 is 1.38 bits per heavy atom. The van der Waals surface area contributed by atoms with Gasteiger partial charge in [-0.2, -0.15) is 0 Å². The van der Waals surface area contributed by atoms with Crippen molar-refractivity contribution in [3.63, 3.8) is 0 Å². The maximum absolute atomic E-state index is 12.3. The first-order chi connectivity index (χ1) is 9.92. The average Bonchev–Trinajstić information content (AvgIpc) is 2.46. The number of unbranched alkanes of at least 4 members (excludes halogenated alkanes) is 2. The van der Waals surface area contributed by atoms with Gasteiger partial charge in [-0.1, -0.05) is 13.0 Å². The third kappa shape index (κ3) is 4.88. The van der Waals surface area contributed by atoms with Crippen LogP contribution in [0.3, 0.4) is 0 Å². The summed E-state index contributed by atoms with van der Waals surface area (Å²) in [7, 11) is -3.71. The molecule has 0 bridgehead atoms. The molecule has 114 valence electrons. The molecule has 0 aliphatic carbocycles. The molecule has 0 aromatic heterocycles. The summed E-state index contributed by atoms with van der Waals surface area (Å²) in [6.07, 6.45) is 7.63. The molecule has 0 spiro atoms. The smallest absolute Gasteiger partial charge is 0.335 e. The Labute approximate surface area is 125 Å². The number of sulfonamides is 1. The van der Waals surface area contributed by atoms with E-state index in [1.165, 1.54) is 18.2 Å². The van der Waals surface area contributed by atoms with Crippen LogP contribution in [-0.4, -0.2) is 26.0 Å². The van der Waals surface area contributed by atoms with Crippen molar-refractivity contribution in [2.45, 2.75) is 37.5 Å². The molecule has 0 amide bonds. The van der Waals surface area contributed by atoms with Crippen LogP contribution in [0.5, 0.6) is 0 Å². The molecule has 0 saturated heterocycles. The van der Waals surface area contributed by atoms with E-state index >= 15 is 0 Å². The molecule has 2 N–H and O–H groups in total. The molecule has 0 fully saturated rings. The molecular formula is C15H19NO4S. The van der Waals surface area contributed by atoms with Crippen LogP contribution in [0.25, 0.3) is 0 Å². The van der Waals surface area contributed by atoms with Gasteiger partial charge in [-0.3, -0.25) is 0 Å². The van der Waals surface area contributed by atoms with E-state index in [4.69, 9.17) is 11.5 Å². The van der Waals surface area contributed by atoms with Crippen LogP contribution < -0.4 is 4.72 Å². The first-order valence-corrected chi connectivity index (χ1v) is 8.20. The fourth-order valence-electron chi connectivity index (χ4n) is 1.87. The summed E-state index contributed by atoms with van der Waals surface area (Å²) in [5, 5.41) is 8.98. The molecule has 0 aliphatic rings. The third-order valence-electron chi connectivity index (χ3n) is 3.02. The van der Waals surface area contributed by atoms with Crippen molar-refractivity contribution in [2.75, 3.05) is 6.54 Å². The lowest BCUT2D eigenvalue weighted by Crippen LogP contribution is -2.26. The molecule has 5 nitrogen and oxygen atoms in total. The van der Waals surface area contributed by atoms with Gasteiger partial charge >= 0.3 is 5.97 Å². The molecule has 0 unspecified atom stereocenters. The van der Waals surface area contributed by atoms with Gasteiger partial charge in [0.05, 0.1) is 10.5 Å². The average molecular weight is 309 g/mol. The first-order valence-electron chi connectivity index (χ1n) is 6.71. The molecule has 21 heavy (non-hydrogen) atoms. The number of carboxylic acids is 1. The number of benzene rings is 1. The normalized spacial score (nSPS) is 11.0. The van der Waals surface area contributed by atoms with Crippen LogP contribution in [-0.2, 0) is 16.4 Å². The Morgan fingerprint density at radius 3 is 2.67 bits per heavy atom. The largest absolute Gasteiger partial charge is 0.478 e. The Balaban J connectivity index is 2.93. The van der Waals surface area contributed by atoms with E-state index in [-0.39, 0.29) is 17.0 Å². The summed E-state index contributed by atoms with van der Waals surface area (Å²) < 4.78 is 27.0. The molecule has 1 rings (SSSR count). The summed E-state index contributed by atoms with van der Waals surface area (Å²) in [5.41, 5.74) is 0.552. The van der Waals surface area contributed by atoms with Crippen molar-refractivity contribution < 1.29 is 18.3 Å². The lowest BCUT2D eigenvalue weighted by Gasteiger charge is -2.11. The number of terminal acetylenes is 1. The summed E-state index contributed by atoms with van der Waals surface area (Å²) in [6.45, 7) is 2.10. The standard InChI is InChI=1S/C15H19NO4S/c1-3-5-6-7-10-16-21(19,20)14-11-13(15(17)18)9-8-12(14)4-2/h1,8-9,11,16H,4-7,10H2,2H3,(H,17,18). The Kier molecular flexibility index (Phi) is 6.40. The highest BCUT2D eigenvalue weighted by atomic mass is 32.2. The van der Waals surface area contributed by atoms with Crippen molar-refractivity contribution in [1.29, 1.82) is 0 Å². The summed E-state index contributed by atoms with van der Waals surface area (Å²) in [6, 6.07) is 4.15. The third-order valence-corrected chi connectivity index (χ3v) is 4.57. The molecule has 0 radical (unpaired) electrons. The number of carboxylic acid groups (broad SMARTS) is 1. The highest BCUT2D eigenvalue weighted by Gasteiger charge is 2.19. The molecule has 0 saturated carbocycles. The molecule has 1 aromatic carbocycles. The van der Waals surface area contributed by atoms with Gasteiger partial charge in [0.15, 0.2) is 0 Å². The lowest BCUT2D eigenvalue weighted by molar-refractivity contribution is 0.0696. The molecule has 1 aromatic rings. The van der Waals surface area contributed by atoms with Crippen molar-refractivity contribution in [1.82, 2.24) is 4.72 Å². The predicted molar refractivity (Wildman–Crippen MR) is 80.7 cm³/mol. The van der Waals surface area contributed by atoms with Crippen LogP contribution in [0.4, 0.5) is 0 Å². The van der Waals surface area contributed by atoms with Gasteiger partial charge in [-0.25, -0.2) is 17.9 Å². The molecule has 0 heterocycles. The van der Waals surface area contributed by atoms with Gasteiger partial charge in [0.1, 0.15) is 0 Å². The minimum absolute atomic E-state index is 0.0295. The number of rotatable bonds is 8. The topological polar surface area (TPSA) is 83.5 Å². The van der Waals surface area contributed by atoms with Crippen LogP contribution in [0.2, 0.25) is 0 Å². The van der Waals surface area contributed by atoms with E-state index in [2.05, 4.69) is 10.6 Å². The van der Waals surface area contributed by atoms with Crippen molar-refractivity contribution in [3.8, 4) is 12.3 Å². The molecular weight excluding hydrogens is 290 g/mol. The monoisotopic (exact) mass is 309 g/mol. The number of aromatic carboxylic acids is 1. The fraction of sp³-hybridized carbons (Fsp3) is 0.400. The number of hydrogen-bond donors (Lipinski definition) is 2. The maximum atomic E-state index is 12.3. The van der Waals surface area contributed by atoms with E-state index in [1.807, 2.05) is 6.92 Å². The molecule has 0 aliphatic heterocycles. The number of hydrogen-bond acceptors (Lipinski definition) is 3. The van der Waals surface area contributed by atoms with Crippen LogP contribution in [0.15, 0.2) is 23.1 Å². The first kappa shape index (κ1) is 17.2. The Morgan fingerprint density at radius 2 is 2.10 bits per heavy atom.